The van der Waals surface area contributed by atoms with Gasteiger partial charge in [-0.05, 0) is 12.5 Å². The van der Waals surface area contributed by atoms with Gasteiger partial charge < -0.3 is 0 Å². The molecule has 0 aliphatic rings. The van der Waals surface area contributed by atoms with E-state index in [1.54, 1.807) is 0 Å². The van der Waals surface area contributed by atoms with Gasteiger partial charge in [0, 0.05) is 6.42 Å². The number of hydrogen-bond acceptors (Lipinski definition) is 1. The maximum Gasteiger partial charge on any atom is 0.124 e. The maximum atomic E-state index is 8.21. The molecular formula is C6H12BrNSi. The second-order valence-electron chi connectivity index (χ2n) is 2.73. The zero-order chi connectivity index (χ0) is 7.33. The molecule has 0 aromatic rings. The number of nitriles is 1. The van der Waals surface area contributed by atoms with Crippen LogP contribution in [-0.4, -0.2) is 6.69 Å². The van der Waals surface area contributed by atoms with Gasteiger partial charge in [-0.25, -0.2) is 0 Å². The first-order valence-corrected chi connectivity index (χ1v) is 8.58. The minimum atomic E-state index is -1.03. The van der Waals surface area contributed by atoms with Crippen LogP contribution < -0.4 is 0 Å². The Balaban J connectivity index is 3.20. The van der Waals surface area contributed by atoms with E-state index in [1.165, 1.54) is 6.04 Å². The van der Waals surface area contributed by atoms with Crippen molar-refractivity contribution < 1.29 is 0 Å². The summed E-state index contributed by atoms with van der Waals surface area (Å²) in [5.41, 5.74) is 0. The van der Waals surface area contributed by atoms with E-state index in [-0.39, 0.29) is 0 Å². The normalized spacial score (nSPS) is 10.9. The van der Waals surface area contributed by atoms with Crippen LogP contribution in [0.1, 0.15) is 12.8 Å². The number of hydrogen-bond donors (Lipinski definition) is 0. The lowest BCUT2D eigenvalue weighted by molar-refractivity contribution is 0.951. The highest BCUT2D eigenvalue weighted by Crippen LogP contribution is 2.19. The van der Waals surface area contributed by atoms with Crippen LogP contribution in [0.4, 0.5) is 0 Å². The average Bonchev–Trinajstić information content (AvgIpc) is 1.63. The van der Waals surface area contributed by atoms with Crippen molar-refractivity contribution in [2.24, 2.45) is 0 Å². The summed E-state index contributed by atoms with van der Waals surface area (Å²) in [5, 5.41) is 8.21. The summed E-state index contributed by atoms with van der Waals surface area (Å²) in [6, 6.07) is 3.35. The van der Waals surface area contributed by atoms with E-state index in [2.05, 4.69) is 34.5 Å². The third kappa shape index (κ3) is 8.19. The highest BCUT2D eigenvalue weighted by Gasteiger charge is 2.14. The van der Waals surface area contributed by atoms with Crippen LogP contribution in [0.15, 0.2) is 0 Å². The molecule has 0 aliphatic carbocycles. The Hall–Kier alpha value is 0.187. The van der Waals surface area contributed by atoms with Crippen LogP contribution in [0, 0.1) is 11.3 Å². The Morgan fingerprint density at radius 2 is 2.11 bits per heavy atom. The van der Waals surface area contributed by atoms with Gasteiger partial charge in [0.15, 0.2) is 0 Å². The van der Waals surface area contributed by atoms with Crippen LogP contribution in [0.25, 0.3) is 0 Å². The van der Waals surface area contributed by atoms with Gasteiger partial charge in [-0.15, -0.1) is 15.3 Å². The molecule has 0 saturated heterocycles. The van der Waals surface area contributed by atoms with Crippen molar-refractivity contribution in [3.63, 3.8) is 0 Å². The highest BCUT2D eigenvalue weighted by atomic mass is 79.9. The molecule has 0 spiro atoms. The predicted octanol–water partition coefficient (Wildman–Crippen LogP) is 2.89. The van der Waals surface area contributed by atoms with Crippen molar-refractivity contribution in [1.29, 1.82) is 5.26 Å². The minimum absolute atomic E-state index is 0.710. The molecule has 3 heteroatoms. The number of nitrogens with zero attached hydrogens (tertiary/aromatic N) is 1. The van der Waals surface area contributed by atoms with E-state index in [4.69, 9.17) is 5.26 Å². The van der Waals surface area contributed by atoms with Gasteiger partial charge in [0.25, 0.3) is 0 Å². The van der Waals surface area contributed by atoms with E-state index in [0.717, 1.165) is 6.42 Å². The molecule has 0 amide bonds. The molecule has 1 nitrogen and oxygen atoms in total. The fourth-order valence-corrected chi connectivity index (χ4v) is 2.45. The summed E-state index contributed by atoms with van der Waals surface area (Å²) >= 11 is 3.64. The van der Waals surface area contributed by atoms with Crippen molar-refractivity contribution in [1.82, 2.24) is 0 Å². The lowest BCUT2D eigenvalue weighted by atomic mass is 10.4. The van der Waals surface area contributed by atoms with Crippen molar-refractivity contribution in [3.05, 3.63) is 0 Å². The van der Waals surface area contributed by atoms with Crippen molar-refractivity contribution >= 4 is 22.0 Å². The molecule has 0 N–H and O–H groups in total. The molecule has 0 unspecified atom stereocenters. The zero-order valence-electron chi connectivity index (χ0n) is 5.95. The van der Waals surface area contributed by atoms with Crippen LogP contribution >= 0.6 is 15.3 Å². The predicted molar refractivity (Wildman–Crippen MR) is 46.1 cm³/mol. The molecule has 0 saturated carbocycles. The minimum Gasteiger partial charge on any atom is -0.198 e. The Kier molecular flexibility index (Phi) is 4.16. The average molecular weight is 206 g/mol. The van der Waals surface area contributed by atoms with Crippen LogP contribution in [0.3, 0.4) is 0 Å². The lowest BCUT2D eigenvalue weighted by Gasteiger charge is -2.10. The van der Waals surface area contributed by atoms with Crippen LogP contribution in [0.5, 0.6) is 0 Å². The highest BCUT2D eigenvalue weighted by molar-refractivity contribution is 9.26. The van der Waals surface area contributed by atoms with E-state index >= 15 is 0 Å². The van der Waals surface area contributed by atoms with Gasteiger partial charge >= 0.3 is 0 Å². The van der Waals surface area contributed by atoms with E-state index in [0.29, 0.717) is 6.42 Å². The molecule has 0 rings (SSSR count). The first kappa shape index (κ1) is 9.19. The number of halogens is 1. The topological polar surface area (TPSA) is 23.8 Å². The maximum absolute atomic E-state index is 8.21. The first-order valence-electron chi connectivity index (χ1n) is 3.12. The third-order valence-corrected chi connectivity index (χ3v) is 3.79. The van der Waals surface area contributed by atoms with E-state index < -0.39 is 6.69 Å². The Morgan fingerprint density at radius 1 is 1.56 bits per heavy atom. The Labute approximate surface area is 65.7 Å². The second kappa shape index (κ2) is 4.07. The lowest BCUT2D eigenvalue weighted by Crippen LogP contribution is -2.13. The fourth-order valence-electron chi connectivity index (χ4n) is 0.588. The van der Waals surface area contributed by atoms with Gasteiger partial charge in [-0.1, -0.05) is 13.1 Å². The molecular weight excluding hydrogens is 194 g/mol. The van der Waals surface area contributed by atoms with Crippen molar-refractivity contribution in [3.8, 4) is 6.07 Å². The summed E-state index contributed by atoms with van der Waals surface area (Å²) in [5.74, 6) is 0. The quantitative estimate of drug-likeness (QED) is 0.395. The molecule has 9 heavy (non-hydrogen) atoms. The van der Waals surface area contributed by atoms with Gasteiger partial charge in [0.1, 0.15) is 6.69 Å². The summed E-state index contributed by atoms with van der Waals surface area (Å²) in [6.45, 7) is 3.48. The third-order valence-electron chi connectivity index (χ3n) is 1.06. The summed E-state index contributed by atoms with van der Waals surface area (Å²) in [4.78, 5) is 0. The molecule has 0 aromatic carbocycles. The summed E-state index contributed by atoms with van der Waals surface area (Å²) < 4.78 is 0. The molecule has 0 heterocycles. The molecule has 0 radical (unpaired) electrons. The fraction of sp³-hybridized carbons (Fsp3) is 0.833. The van der Waals surface area contributed by atoms with E-state index in [1.807, 2.05) is 0 Å². The summed E-state index contributed by atoms with van der Waals surface area (Å²) in [7, 11) is 0. The smallest absolute Gasteiger partial charge is 0.124 e. The van der Waals surface area contributed by atoms with Crippen molar-refractivity contribution in [2.75, 3.05) is 0 Å². The van der Waals surface area contributed by atoms with Crippen molar-refractivity contribution in [2.45, 2.75) is 32.0 Å². The molecule has 0 fully saturated rings. The molecule has 52 valence electrons. The van der Waals surface area contributed by atoms with Gasteiger partial charge in [0.2, 0.25) is 0 Å². The zero-order valence-corrected chi connectivity index (χ0v) is 8.53. The van der Waals surface area contributed by atoms with Gasteiger partial charge in [0.05, 0.1) is 6.07 Å². The van der Waals surface area contributed by atoms with E-state index in [9.17, 15) is 0 Å². The summed E-state index contributed by atoms with van der Waals surface area (Å²) in [6.07, 6.45) is 1.77. The van der Waals surface area contributed by atoms with Gasteiger partial charge in [-0.3, -0.25) is 0 Å². The Morgan fingerprint density at radius 3 is 2.44 bits per heavy atom. The monoisotopic (exact) mass is 205 g/mol. The number of unbranched alkanes of at least 4 members (excludes halogenated alkanes) is 1. The number of rotatable bonds is 3. The SMILES string of the molecule is C[Si](C)(Br)CCCC#N. The largest absolute Gasteiger partial charge is 0.198 e. The van der Waals surface area contributed by atoms with Crippen LogP contribution in [0.2, 0.25) is 19.1 Å². The standard InChI is InChI=1S/C6H12BrNSi/c1-9(2,7)6-4-3-5-8/h3-4,6H2,1-2H3. The molecule has 0 atom stereocenters. The van der Waals surface area contributed by atoms with Gasteiger partial charge in [-0.2, -0.15) is 5.26 Å². The molecule has 0 aromatic heterocycles. The Bertz CT molecular complexity index is 111. The second-order valence-corrected chi connectivity index (χ2v) is 13.1. The first-order chi connectivity index (χ1) is 4.06. The molecule has 0 aliphatic heterocycles. The van der Waals surface area contributed by atoms with Crippen LogP contribution in [-0.2, 0) is 0 Å². The molecule has 0 bridgehead atoms.